The Morgan fingerprint density at radius 1 is 1.35 bits per heavy atom. The number of carbonyl (C=O) groups is 1. The van der Waals surface area contributed by atoms with Crippen molar-refractivity contribution >= 4 is 29.3 Å². The molecule has 0 saturated heterocycles. The van der Waals surface area contributed by atoms with Crippen molar-refractivity contribution in [2.24, 2.45) is 5.92 Å². The minimum Gasteiger partial charge on any atom is -0.348 e. The van der Waals surface area contributed by atoms with Crippen LogP contribution < -0.4 is 0 Å². The van der Waals surface area contributed by atoms with Crippen LogP contribution in [0.5, 0.6) is 0 Å². The van der Waals surface area contributed by atoms with E-state index in [0.29, 0.717) is 10.2 Å². The second kappa shape index (κ2) is 7.36. The predicted octanol–water partition coefficient (Wildman–Crippen LogP) is 3.43. The average molecular weight is 353 g/mol. The van der Waals surface area contributed by atoms with Crippen molar-refractivity contribution in [2.75, 3.05) is 14.1 Å². The molecule has 0 radical (unpaired) electrons. The molecule has 0 aliphatic heterocycles. The van der Waals surface area contributed by atoms with E-state index in [-0.39, 0.29) is 17.1 Å². The number of carbonyl (C=O) groups excluding carboxylic acids is 1. The second-order valence-corrected chi connectivity index (χ2v) is 7.45. The summed E-state index contributed by atoms with van der Waals surface area (Å²) in [6.07, 6.45) is 1.64. The van der Waals surface area contributed by atoms with E-state index >= 15 is 0 Å². The van der Waals surface area contributed by atoms with E-state index in [4.69, 9.17) is 11.6 Å². The molecule has 0 N–H and O–H groups in total. The van der Waals surface area contributed by atoms with Crippen molar-refractivity contribution < 1.29 is 4.79 Å². The van der Waals surface area contributed by atoms with Gasteiger partial charge in [0.1, 0.15) is 6.33 Å². The van der Waals surface area contributed by atoms with Crippen molar-refractivity contribution in [3.8, 4) is 5.69 Å². The van der Waals surface area contributed by atoms with Crippen LogP contribution >= 0.6 is 23.4 Å². The van der Waals surface area contributed by atoms with Crippen LogP contribution in [0, 0.1) is 12.8 Å². The van der Waals surface area contributed by atoms with Gasteiger partial charge in [0.15, 0.2) is 5.16 Å². The van der Waals surface area contributed by atoms with Crippen molar-refractivity contribution in [3.05, 3.63) is 35.1 Å². The largest absolute Gasteiger partial charge is 0.348 e. The molecule has 1 atom stereocenters. The van der Waals surface area contributed by atoms with Gasteiger partial charge in [-0.2, -0.15) is 0 Å². The Morgan fingerprint density at radius 3 is 2.61 bits per heavy atom. The van der Waals surface area contributed by atoms with E-state index in [9.17, 15) is 4.79 Å². The summed E-state index contributed by atoms with van der Waals surface area (Å²) in [5.41, 5.74) is 1.90. The Labute approximate surface area is 146 Å². The Balaban J connectivity index is 2.33. The zero-order valence-electron chi connectivity index (χ0n) is 13.9. The molecule has 23 heavy (non-hydrogen) atoms. The Morgan fingerprint density at radius 2 is 2.04 bits per heavy atom. The highest BCUT2D eigenvalue weighted by Crippen LogP contribution is 2.30. The summed E-state index contributed by atoms with van der Waals surface area (Å²) in [4.78, 5) is 14.0. The topological polar surface area (TPSA) is 51.0 Å². The number of rotatable bonds is 5. The molecule has 1 heterocycles. The van der Waals surface area contributed by atoms with Crippen LogP contribution in [0.1, 0.15) is 19.4 Å². The van der Waals surface area contributed by atoms with E-state index in [0.717, 1.165) is 11.3 Å². The van der Waals surface area contributed by atoms with Gasteiger partial charge in [0.05, 0.1) is 10.9 Å². The molecule has 124 valence electrons. The van der Waals surface area contributed by atoms with Gasteiger partial charge in [0.2, 0.25) is 5.91 Å². The first-order valence-corrected chi connectivity index (χ1v) is 8.61. The molecule has 7 heteroatoms. The maximum Gasteiger partial charge on any atom is 0.235 e. The van der Waals surface area contributed by atoms with Crippen molar-refractivity contribution in [3.63, 3.8) is 0 Å². The number of aromatic nitrogens is 3. The molecule has 0 bridgehead atoms. The van der Waals surface area contributed by atoms with Gasteiger partial charge < -0.3 is 4.90 Å². The first-order valence-electron chi connectivity index (χ1n) is 7.35. The standard InChI is InChI=1S/C16H21ClN4OS/c1-10(2)14(15(22)20(4)5)23-16-19-18-9-21(16)12-7-6-11(3)13(17)8-12/h6-10,14H,1-5H3. The number of thioether (sulfide) groups is 1. The van der Waals surface area contributed by atoms with Gasteiger partial charge in [-0.1, -0.05) is 43.3 Å². The molecule has 0 fully saturated rings. The Kier molecular flexibility index (Phi) is 5.70. The summed E-state index contributed by atoms with van der Waals surface area (Å²) in [5, 5.41) is 9.32. The summed E-state index contributed by atoms with van der Waals surface area (Å²) in [6, 6.07) is 5.80. The number of benzene rings is 1. The van der Waals surface area contributed by atoms with Crippen LogP contribution in [-0.2, 0) is 4.79 Å². The lowest BCUT2D eigenvalue weighted by Gasteiger charge is -2.22. The van der Waals surface area contributed by atoms with Crippen molar-refractivity contribution in [1.29, 1.82) is 0 Å². The van der Waals surface area contributed by atoms with Gasteiger partial charge in [0.25, 0.3) is 0 Å². The minimum absolute atomic E-state index is 0.0708. The molecule has 1 aromatic heterocycles. The van der Waals surface area contributed by atoms with Gasteiger partial charge in [-0.25, -0.2) is 0 Å². The molecule has 0 aliphatic rings. The van der Waals surface area contributed by atoms with E-state index in [2.05, 4.69) is 10.2 Å². The SMILES string of the molecule is Cc1ccc(-n2cnnc2SC(C(=O)N(C)C)C(C)C)cc1Cl. The number of halogens is 1. The molecule has 1 aromatic carbocycles. The number of amides is 1. The van der Waals surface area contributed by atoms with Crippen LogP contribution in [-0.4, -0.2) is 44.9 Å². The van der Waals surface area contributed by atoms with Gasteiger partial charge >= 0.3 is 0 Å². The van der Waals surface area contributed by atoms with Crippen LogP contribution in [0.25, 0.3) is 5.69 Å². The molecule has 1 unspecified atom stereocenters. The van der Waals surface area contributed by atoms with Gasteiger partial charge in [0, 0.05) is 19.1 Å². The maximum absolute atomic E-state index is 12.4. The lowest BCUT2D eigenvalue weighted by Crippen LogP contribution is -2.35. The van der Waals surface area contributed by atoms with Crippen molar-refractivity contribution in [2.45, 2.75) is 31.2 Å². The highest BCUT2D eigenvalue weighted by Gasteiger charge is 2.27. The fourth-order valence-electron chi connectivity index (χ4n) is 2.05. The first kappa shape index (κ1) is 17.8. The van der Waals surface area contributed by atoms with Crippen molar-refractivity contribution in [1.82, 2.24) is 19.7 Å². The number of nitrogens with zero attached hydrogens (tertiary/aromatic N) is 4. The van der Waals surface area contributed by atoms with Gasteiger partial charge in [-0.3, -0.25) is 9.36 Å². The third-order valence-corrected chi connectivity index (χ3v) is 5.37. The molecule has 0 saturated carbocycles. The lowest BCUT2D eigenvalue weighted by molar-refractivity contribution is -0.128. The minimum atomic E-state index is -0.214. The third-order valence-electron chi connectivity index (χ3n) is 3.47. The van der Waals surface area contributed by atoms with E-state index in [1.165, 1.54) is 11.8 Å². The molecule has 0 aliphatic carbocycles. The average Bonchev–Trinajstić information content (AvgIpc) is 2.94. The van der Waals surface area contributed by atoms with Crippen LogP contribution in [0.4, 0.5) is 0 Å². The number of hydrogen-bond acceptors (Lipinski definition) is 4. The fourth-order valence-corrected chi connectivity index (χ4v) is 3.40. The molecule has 0 spiro atoms. The fraction of sp³-hybridized carbons (Fsp3) is 0.438. The van der Waals surface area contributed by atoms with E-state index in [1.54, 1.807) is 25.3 Å². The zero-order valence-corrected chi connectivity index (χ0v) is 15.5. The maximum atomic E-state index is 12.4. The second-order valence-electron chi connectivity index (χ2n) is 5.93. The van der Waals surface area contributed by atoms with Gasteiger partial charge in [-0.15, -0.1) is 10.2 Å². The van der Waals surface area contributed by atoms with E-state index < -0.39 is 0 Å². The summed E-state index contributed by atoms with van der Waals surface area (Å²) in [5.74, 6) is 0.253. The van der Waals surface area contributed by atoms with Crippen LogP contribution in [0.2, 0.25) is 5.02 Å². The number of aryl methyl sites for hydroxylation is 1. The summed E-state index contributed by atoms with van der Waals surface area (Å²) in [6.45, 7) is 6.02. The molecular formula is C16H21ClN4OS. The summed E-state index contributed by atoms with van der Waals surface area (Å²) >= 11 is 7.64. The van der Waals surface area contributed by atoms with E-state index in [1.807, 2.05) is 43.5 Å². The third kappa shape index (κ3) is 4.06. The predicted molar refractivity (Wildman–Crippen MR) is 94.3 cm³/mol. The lowest BCUT2D eigenvalue weighted by atomic mass is 10.1. The normalized spacial score (nSPS) is 12.5. The van der Waals surface area contributed by atoms with Gasteiger partial charge in [-0.05, 0) is 30.5 Å². The monoisotopic (exact) mass is 352 g/mol. The highest BCUT2D eigenvalue weighted by atomic mass is 35.5. The van der Waals surface area contributed by atoms with Crippen LogP contribution in [0.15, 0.2) is 29.7 Å². The molecule has 5 nitrogen and oxygen atoms in total. The summed E-state index contributed by atoms with van der Waals surface area (Å²) in [7, 11) is 3.53. The quantitative estimate of drug-likeness (QED) is 0.773. The Bertz CT molecular complexity index is 699. The molecular weight excluding hydrogens is 332 g/mol. The van der Waals surface area contributed by atoms with Crippen LogP contribution in [0.3, 0.4) is 0 Å². The Hall–Kier alpha value is -1.53. The first-order chi connectivity index (χ1) is 10.8. The smallest absolute Gasteiger partial charge is 0.235 e. The molecule has 2 rings (SSSR count). The highest BCUT2D eigenvalue weighted by molar-refractivity contribution is 8.00. The number of hydrogen-bond donors (Lipinski definition) is 0. The molecule has 2 aromatic rings. The zero-order chi connectivity index (χ0) is 17.1. The summed E-state index contributed by atoms with van der Waals surface area (Å²) < 4.78 is 1.86. The molecule has 1 amide bonds.